The Kier molecular flexibility index (Phi) is 41.8. The van der Waals surface area contributed by atoms with Crippen molar-refractivity contribution in [3.8, 4) is 0 Å². The minimum Gasteiger partial charge on any atom is -0.462 e. The summed E-state index contributed by atoms with van der Waals surface area (Å²) in [6.45, 7) is 11.3. The molecule has 0 aliphatic carbocycles. The second-order valence-electron chi connectivity index (χ2n) is 18.1. The van der Waals surface area contributed by atoms with Crippen molar-refractivity contribution in [2.75, 3.05) is 13.2 Å². The average Bonchev–Trinajstić information content (AvgIpc) is 3.16. The summed E-state index contributed by atoms with van der Waals surface area (Å²) < 4.78 is 16.7. The maximum atomic E-state index is 12.7. The summed E-state index contributed by atoms with van der Waals surface area (Å²) in [5, 5.41) is 0. The van der Waals surface area contributed by atoms with Gasteiger partial charge in [-0.15, -0.1) is 0 Å². The van der Waals surface area contributed by atoms with Gasteiger partial charge in [-0.3, -0.25) is 14.4 Å². The molecular weight excluding hydrogens is 697 g/mol. The van der Waals surface area contributed by atoms with Gasteiger partial charge in [-0.25, -0.2) is 0 Å². The molecule has 1 atom stereocenters. The lowest BCUT2D eigenvalue weighted by atomic mass is 10.0. The Hall–Kier alpha value is -1.59. The molecule has 0 saturated carbocycles. The van der Waals surface area contributed by atoms with E-state index in [-0.39, 0.29) is 31.1 Å². The average molecular weight is 793 g/mol. The summed E-state index contributed by atoms with van der Waals surface area (Å²) in [5.41, 5.74) is 0. The van der Waals surface area contributed by atoms with Crippen LogP contribution in [0.25, 0.3) is 0 Å². The monoisotopic (exact) mass is 793 g/mol. The predicted octanol–water partition coefficient (Wildman–Crippen LogP) is 15.8. The van der Waals surface area contributed by atoms with E-state index in [9.17, 15) is 14.4 Å². The fraction of sp³-hybridized carbons (Fsp3) is 0.940. The standard InChI is InChI=1S/C50H96O6/c1-6-7-8-9-10-11-16-20-25-30-35-40-48(51)54-43-47(56-50(53)42-37-32-27-22-24-29-34-39-46(4)5)44-55-49(52)41-36-31-26-21-18-15-13-12-14-17-19-23-28-33-38-45(2)3/h45-47H,6-44H2,1-5H3/t47-/m1/s1. The first-order valence-corrected chi connectivity index (χ1v) is 24.7. The van der Waals surface area contributed by atoms with Gasteiger partial charge in [0.1, 0.15) is 13.2 Å². The smallest absolute Gasteiger partial charge is 0.306 e. The maximum Gasteiger partial charge on any atom is 0.306 e. The first-order chi connectivity index (χ1) is 27.2. The number of hydrogen-bond acceptors (Lipinski definition) is 6. The van der Waals surface area contributed by atoms with Crippen molar-refractivity contribution in [1.29, 1.82) is 0 Å². The highest BCUT2D eigenvalue weighted by Crippen LogP contribution is 2.17. The van der Waals surface area contributed by atoms with Crippen LogP contribution >= 0.6 is 0 Å². The van der Waals surface area contributed by atoms with Gasteiger partial charge in [-0.2, -0.15) is 0 Å². The zero-order valence-corrected chi connectivity index (χ0v) is 38.3. The SMILES string of the molecule is CCCCCCCCCCCCCC(=O)OC[C@H](COC(=O)CCCCCCCCCCCCCCCCC(C)C)OC(=O)CCCCCCCCCC(C)C. The van der Waals surface area contributed by atoms with Gasteiger partial charge in [0.2, 0.25) is 0 Å². The lowest BCUT2D eigenvalue weighted by molar-refractivity contribution is -0.167. The largest absolute Gasteiger partial charge is 0.462 e. The first kappa shape index (κ1) is 54.4. The quantitative estimate of drug-likeness (QED) is 0.0347. The van der Waals surface area contributed by atoms with Crippen molar-refractivity contribution in [3.05, 3.63) is 0 Å². The lowest BCUT2D eigenvalue weighted by Gasteiger charge is -2.18. The van der Waals surface area contributed by atoms with E-state index in [0.717, 1.165) is 69.6 Å². The van der Waals surface area contributed by atoms with Crippen molar-refractivity contribution in [3.63, 3.8) is 0 Å². The highest BCUT2D eigenvalue weighted by atomic mass is 16.6. The van der Waals surface area contributed by atoms with Crippen molar-refractivity contribution in [1.82, 2.24) is 0 Å². The van der Waals surface area contributed by atoms with Gasteiger partial charge < -0.3 is 14.2 Å². The summed E-state index contributed by atoms with van der Waals surface area (Å²) >= 11 is 0. The van der Waals surface area contributed by atoms with Gasteiger partial charge in [0.25, 0.3) is 0 Å². The fourth-order valence-electron chi connectivity index (χ4n) is 7.46. The number of unbranched alkanes of at least 4 members (excludes halogenated alkanes) is 29. The molecule has 0 bridgehead atoms. The molecule has 0 aliphatic heterocycles. The van der Waals surface area contributed by atoms with Crippen molar-refractivity contribution < 1.29 is 28.6 Å². The molecule has 0 aromatic heterocycles. The Balaban J connectivity index is 4.26. The number of ether oxygens (including phenoxy) is 3. The van der Waals surface area contributed by atoms with Crippen LogP contribution in [0.3, 0.4) is 0 Å². The topological polar surface area (TPSA) is 78.9 Å². The van der Waals surface area contributed by atoms with Crippen LogP contribution in [-0.2, 0) is 28.6 Å². The molecule has 0 aromatic carbocycles. The fourth-order valence-corrected chi connectivity index (χ4v) is 7.46. The third-order valence-electron chi connectivity index (χ3n) is 11.2. The molecular formula is C50H96O6. The minimum atomic E-state index is -0.761. The van der Waals surface area contributed by atoms with Gasteiger partial charge in [-0.05, 0) is 31.1 Å². The molecule has 6 nitrogen and oxygen atoms in total. The number of carbonyl (C=O) groups is 3. The molecule has 0 saturated heterocycles. The van der Waals surface area contributed by atoms with Gasteiger partial charge in [0.15, 0.2) is 6.10 Å². The van der Waals surface area contributed by atoms with Gasteiger partial charge >= 0.3 is 17.9 Å². The molecule has 0 spiro atoms. The summed E-state index contributed by atoms with van der Waals surface area (Å²) in [7, 11) is 0. The predicted molar refractivity (Wildman–Crippen MR) is 238 cm³/mol. The molecule has 0 aliphatic rings. The third-order valence-corrected chi connectivity index (χ3v) is 11.2. The normalized spacial score (nSPS) is 12.1. The molecule has 332 valence electrons. The Morgan fingerprint density at radius 2 is 0.589 bits per heavy atom. The summed E-state index contributed by atoms with van der Waals surface area (Å²) in [5.74, 6) is 0.768. The molecule has 0 N–H and O–H groups in total. The van der Waals surface area contributed by atoms with Crippen LogP contribution in [0, 0.1) is 11.8 Å². The second kappa shape index (κ2) is 43.0. The van der Waals surface area contributed by atoms with E-state index in [2.05, 4.69) is 34.6 Å². The van der Waals surface area contributed by atoms with Crippen molar-refractivity contribution in [2.24, 2.45) is 11.8 Å². The number of rotatable bonds is 44. The molecule has 0 aromatic rings. The zero-order valence-electron chi connectivity index (χ0n) is 38.3. The number of hydrogen-bond donors (Lipinski definition) is 0. The second-order valence-corrected chi connectivity index (χ2v) is 18.1. The molecule has 0 amide bonds. The van der Waals surface area contributed by atoms with E-state index in [0.29, 0.717) is 19.3 Å². The Bertz CT molecular complexity index is 854. The van der Waals surface area contributed by atoms with Gasteiger partial charge in [0, 0.05) is 19.3 Å². The Morgan fingerprint density at radius 1 is 0.339 bits per heavy atom. The van der Waals surface area contributed by atoms with E-state index in [1.807, 2.05) is 0 Å². The van der Waals surface area contributed by atoms with Crippen LogP contribution in [-0.4, -0.2) is 37.2 Å². The molecule has 0 rings (SSSR count). The highest BCUT2D eigenvalue weighted by Gasteiger charge is 2.19. The third kappa shape index (κ3) is 43.5. The molecule has 6 heteroatoms. The van der Waals surface area contributed by atoms with E-state index >= 15 is 0 Å². The molecule has 0 radical (unpaired) electrons. The van der Waals surface area contributed by atoms with Crippen LogP contribution in [0.4, 0.5) is 0 Å². The molecule has 0 heterocycles. The lowest BCUT2D eigenvalue weighted by Crippen LogP contribution is -2.30. The van der Waals surface area contributed by atoms with Crippen LogP contribution in [0.15, 0.2) is 0 Å². The van der Waals surface area contributed by atoms with Crippen LogP contribution in [0.5, 0.6) is 0 Å². The zero-order chi connectivity index (χ0) is 41.2. The van der Waals surface area contributed by atoms with Crippen LogP contribution < -0.4 is 0 Å². The van der Waals surface area contributed by atoms with Crippen LogP contribution in [0.1, 0.15) is 272 Å². The van der Waals surface area contributed by atoms with Gasteiger partial charge in [-0.1, -0.05) is 234 Å². The van der Waals surface area contributed by atoms with E-state index in [4.69, 9.17) is 14.2 Å². The van der Waals surface area contributed by atoms with Gasteiger partial charge in [0.05, 0.1) is 0 Å². The molecule has 0 fully saturated rings. The Morgan fingerprint density at radius 3 is 0.875 bits per heavy atom. The molecule has 56 heavy (non-hydrogen) atoms. The van der Waals surface area contributed by atoms with Crippen LogP contribution in [0.2, 0.25) is 0 Å². The summed E-state index contributed by atoms with van der Waals surface area (Å²) in [4.78, 5) is 37.8. The maximum absolute atomic E-state index is 12.7. The Labute approximate surface area is 348 Å². The summed E-state index contributed by atoms with van der Waals surface area (Å²) in [6, 6.07) is 0. The first-order valence-electron chi connectivity index (χ1n) is 24.7. The van der Waals surface area contributed by atoms with E-state index < -0.39 is 6.10 Å². The highest BCUT2D eigenvalue weighted by molar-refractivity contribution is 5.71. The minimum absolute atomic E-state index is 0.0647. The molecule has 0 unspecified atom stereocenters. The van der Waals surface area contributed by atoms with E-state index in [1.54, 1.807) is 0 Å². The van der Waals surface area contributed by atoms with Crippen molar-refractivity contribution >= 4 is 17.9 Å². The number of esters is 3. The van der Waals surface area contributed by atoms with Crippen molar-refractivity contribution in [2.45, 2.75) is 278 Å². The number of carbonyl (C=O) groups excluding carboxylic acids is 3. The van der Waals surface area contributed by atoms with E-state index in [1.165, 1.54) is 161 Å². The summed E-state index contributed by atoms with van der Waals surface area (Å²) in [6.07, 6.45) is 42.4.